The van der Waals surface area contributed by atoms with Crippen molar-refractivity contribution in [2.75, 3.05) is 26.3 Å². The molecule has 0 aliphatic carbocycles. The van der Waals surface area contributed by atoms with Crippen molar-refractivity contribution in [3.63, 3.8) is 0 Å². The van der Waals surface area contributed by atoms with E-state index < -0.39 is 6.10 Å². The zero-order valence-electron chi connectivity index (χ0n) is 14.9. The molecule has 0 saturated heterocycles. The molecule has 2 N–H and O–H groups in total. The Hall–Kier alpha value is -1.30. The Morgan fingerprint density at radius 3 is 2.58 bits per heavy atom. The van der Waals surface area contributed by atoms with Crippen LogP contribution >= 0.6 is 23.2 Å². The molecular formula is C20H25Cl2NO3. The fraction of sp³-hybridized carbons (Fsp3) is 0.400. The van der Waals surface area contributed by atoms with Crippen LogP contribution in [0.25, 0.3) is 0 Å². The lowest BCUT2D eigenvalue weighted by Crippen LogP contribution is -2.36. The fourth-order valence-corrected chi connectivity index (χ4v) is 3.00. The summed E-state index contributed by atoms with van der Waals surface area (Å²) in [4.78, 5) is 2.07. The maximum atomic E-state index is 10.4. The molecule has 142 valence electrons. The van der Waals surface area contributed by atoms with Crippen LogP contribution in [0.5, 0.6) is 5.75 Å². The van der Waals surface area contributed by atoms with Crippen LogP contribution in [0.15, 0.2) is 42.5 Å². The monoisotopic (exact) mass is 397 g/mol. The Bertz CT molecular complexity index is 697. The molecule has 2 aromatic carbocycles. The van der Waals surface area contributed by atoms with Gasteiger partial charge in [0.15, 0.2) is 0 Å². The maximum absolute atomic E-state index is 10.4. The van der Waals surface area contributed by atoms with Crippen LogP contribution in [0.4, 0.5) is 0 Å². The van der Waals surface area contributed by atoms with Crippen LogP contribution in [0.3, 0.4) is 0 Å². The highest BCUT2D eigenvalue weighted by Crippen LogP contribution is 2.23. The third-order valence-corrected chi connectivity index (χ3v) is 4.76. The van der Waals surface area contributed by atoms with Crippen molar-refractivity contribution < 1.29 is 14.9 Å². The lowest BCUT2D eigenvalue weighted by molar-refractivity contribution is 0.0630. The Morgan fingerprint density at radius 2 is 1.88 bits per heavy atom. The number of nitrogens with zero attached hydrogens (tertiary/aromatic N) is 1. The second-order valence-corrected chi connectivity index (χ2v) is 7.11. The number of aryl methyl sites for hydroxylation is 1. The van der Waals surface area contributed by atoms with Crippen LogP contribution in [0, 0.1) is 6.92 Å². The zero-order chi connectivity index (χ0) is 18.9. The summed E-state index contributed by atoms with van der Waals surface area (Å²) in [5.74, 6) is 0.776. The number of benzene rings is 2. The van der Waals surface area contributed by atoms with Crippen molar-refractivity contribution in [2.24, 2.45) is 0 Å². The van der Waals surface area contributed by atoms with Crippen LogP contribution < -0.4 is 4.74 Å². The van der Waals surface area contributed by atoms with E-state index in [-0.39, 0.29) is 13.2 Å². The normalized spacial score (nSPS) is 12.4. The molecule has 0 bridgehead atoms. The highest BCUT2D eigenvalue weighted by Gasteiger charge is 2.14. The van der Waals surface area contributed by atoms with Gasteiger partial charge >= 0.3 is 0 Å². The standard InChI is InChI=1S/C20H25Cl2NO3/c1-15-5-2-3-6-20(15)26-14-17(25)13-23(9-4-10-24)12-16-7-8-18(21)19(22)11-16/h2-3,5-8,11,17,24-25H,4,9-10,12-14H2,1H3. The number of ether oxygens (including phenoxy) is 1. The molecule has 0 aliphatic heterocycles. The molecule has 26 heavy (non-hydrogen) atoms. The smallest absolute Gasteiger partial charge is 0.122 e. The minimum atomic E-state index is -0.643. The van der Waals surface area contributed by atoms with E-state index in [1.165, 1.54) is 0 Å². The molecule has 0 radical (unpaired) electrons. The van der Waals surface area contributed by atoms with Crippen molar-refractivity contribution in [2.45, 2.75) is 26.0 Å². The van der Waals surface area contributed by atoms with Crippen molar-refractivity contribution in [1.82, 2.24) is 4.90 Å². The largest absolute Gasteiger partial charge is 0.491 e. The van der Waals surface area contributed by atoms with Gasteiger partial charge in [0.2, 0.25) is 0 Å². The molecule has 0 saturated carbocycles. The van der Waals surface area contributed by atoms with Gasteiger partial charge in [0.25, 0.3) is 0 Å². The molecule has 2 rings (SSSR count). The van der Waals surface area contributed by atoms with Crippen molar-refractivity contribution >= 4 is 23.2 Å². The van der Waals surface area contributed by atoms with Crippen molar-refractivity contribution in [3.8, 4) is 5.75 Å². The summed E-state index contributed by atoms with van der Waals surface area (Å²) < 4.78 is 5.72. The molecular weight excluding hydrogens is 373 g/mol. The number of hydrogen-bond donors (Lipinski definition) is 2. The molecule has 0 aromatic heterocycles. The Labute approximate surface area is 164 Å². The van der Waals surface area contributed by atoms with E-state index in [1.807, 2.05) is 43.3 Å². The predicted octanol–water partition coefficient (Wildman–Crippen LogP) is 3.93. The minimum Gasteiger partial charge on any atom is -0.491 e. The van der Waals surface area contributed by atoms with Gasteiger partial charge in [0.1, 0.15) is 18.5 Å². The van der Waals surface area contributed by atoms with Gasteiger partial charge in [-0.3, -0.25) is 4.90 Å². The second-order valence-electron chi connectivity index (χ2n) is 6.29. The third-order valence-electron chi connectivity index (χ3n) is 4.02. The van der Waals surface area contributed by atoms with Gasteiger partial charge in [-0.05, 0) is 42.7 Å². The SMILES string of the molecule is Cc1ccccc1OCC(O)CN(CCCO)Cc1ccc(Cl)c(Cl)c1. The summed E-state index contributed by atoms with van der Waals surface area (Å²) in [5.41, 5.74) is 2.04. The topological polar surface area (TPSA) is 52.9 Å². The van der Waals surface area contributed by atoms with Crippen LogP contribution in [-0.2, 0) is 6.54 Å². The first-order chi connectivity index (χ1) is 12.5. The molecule has 2 aromatic rings. The number of para-hydroxylation sites is 1. The fourth-order valence-electron chi connectivity index (χ4n) is 2.68. The molecule has 0 spiro atoms. The van der Waals surface area contributed by atoms with Gasteiger partial charge in [0, 0.05) is 26.2 Å². The molecule has 0 heterocycles. The maximum Gasteiger partial charge on any atom is 0.122 e. The Kier molecular flexibility index (Phi) is 8.69. The summed E-state index contributed by atoms with van der Waals surface area (Å²) in [6.45, 7) is 4.00. The average Bonchev–Trinajstić information content (AvgIpc) is 2.62. The van der Waals surface area contributed by atoms with Gasteiger partial charge < -0.3 is 14.9 Å². The van der Waals surface area contributed by atoms with Gasteiger partial charge in [0.05, 0.1) is 10.0 Å². The Balaban J connectivity index is 1.93. The molecule has 1 atom stereocenters. The first-order valence-electron chi connectivity index (χ1n) is 8.63. The number of halogens is 2. The average molecular weight is 398 g/mol. The highest BCUT2D eigenvalue weighted by molar-refractivity contribution is 6.42. The van der Waals surface area contributed by atoms with E-state index in [9.17, 15) is 5.11 Å². The number of aliphatic hydroxyl groups excluding tert-OH is 2. The van der Waals surface area contributed by atoms with E-state index in [0.717, 1.165) is 16.9 Å². The van der Waals surface area contributed by atoms with Gasteiger partial charge in [-0.25, -0.2) is 0 Å². The lowest BCUT2D eigenvalue weighted by Gasteiger charge is -2.25. The summed E-state index contributed by atoms with van der Waals surface area (Å²) in [6.07, 6.45) is -0.0109. The second kappa shape index (κ2) is 10.8. The summed E-state index contributed by atoms with van der Waals surface area (Å²) in [6, 6.07) is 13.2. The van der Waals surface area contributed by atoms with Crippen molar-refractivity contribution in [3.05, 3.63) is 63.6 Å². The number of aliphatic hydroxyl groups is 2. The summed E-state index contributed by atoms with van der Waals surface area (Å²) in [7, 11) is 0. The number of hydrogen-bond acceptors (Lipinski definition) is 4. The van der Waals surface area contributed by atoms with Crippen molar-refractivity contribution in [1.29, 1.82) is 0 Å². The molecule has 0 amide bonds. The van der Waals surface area contributed by atoms with Crippen LogP contribution in [0.1, 0.15) is 17.5 Å². The van der Waals surface area contributed by atoms with Crippen LogP contribution in [-0.4, -0.2) is 47.5 Å². The molecule has 4 nitrogen and oxygen atoms in total. The van der Waals surface area contributed by atoms with Gasteiger partial charge in [-0.2, -0.15) is 0 Å². The predicted molar refractivity (Wildman–Crippen MR) is 106 cm³/mol. The third kappa shape index (κ3) is 6.78. The van der Waals surface area contributed by atoms with Crippen LogP contribution in [0.2, 0.25) is 10.0 Å². The first-order valence-corrected chi connectivity index (χ1v) is 9.39. The Morgan fingerprint density at radius 1 is 1.12 bits per heavy atom. The zero-order valence-corrected chi connectivity index (χ0v) is 16.4. The molecule has 1 unspecified atom stereocenters. The molecule has 0 aliphatic rings. The lowest BCUT2D eigenvalue weighted by atomic mass is 10.2. The quantitative estimate of drug-likeness (QED) is 0.637. The number of rotatable bonds is 10. The summed E-state index contributed by atoms with van der Waals surface area (Å²) >= 11 is 12.0. The minimum absolute atomic E-state index is 0.105. The van der Waals surface area contributed by atoms with E-state index in [2.05, 4.69) is 4.90 Å². The highest BCUT2D eigenvalue weighted by atomic mass is 35.5. The van der Waals surface area contributed by atoms with E-state index in [1.54, 1.807) is 6.07 Å². The summed E-state index contributed by atoms with van der Waals surface area (Å²) in [5, 5.41) is 20.5. The molecule has 6 heteroatoms. The van der Waals surface area contributed by atoms with E-state index in [0.29, 0.717) is 36.1 Å². The molecule has 0 fully saturated rings. The van der Waals surface area contributed by atoms with E-state index in [4.69, 9.17) is 33.0 Å². The van der Waals surface area contributed by atoms with Gasteiger partial charge in [-0.15, -0.1) is 0 Å². The van der Waals surface area contributed by atoms with E-state index >= 15 is 0 Å². The first kappa shape index (κ1) is 21.0. The van der Waals surface area contributed by atoms with Gasteiger partial charge in [-0.1, -0.05) is 47.5 Å².